The number of hydrogen-bond acceptors (Lipinski definition) is 2. The lowest BCUT2D eigenvalue weighted by atomic mass is 9.88. The molecule has 20 heavy (non-hydrogen) atoms. The van der Waals surface area contributed by atoms with Gasteiger partial charge in [-0.05, 0) is 48.8 Å². The molecule has 3 rings (SSSR count). The molecule has 1 aliphatic rings. The van der Waals surface area contributed by atoms with E-state index in [0.29, 0.717) is 0 Å². The SMILES string of the molecule is ON=C1CCCc2cc(CCc3ccccc3)ccc21. The third-order valence-corrected chi connectivity index (χ3v) is 4.01. The lowest BCUT2D eigenvalue weighted by Gasteiger charge is -2.17. The van der Waals surface area contributed by atoms with Gasteiger partial charge in [0.25, 0.3) is 0 Å². The smallest absolute Gasteiger partial charge is 0.0870 e. The molecule has 1 aliphatic carbocycles. The molecule has 0 bridgehead atoms. The van der Waals surface area contributed by atoms with Crippen LogP contribution in [0.5, 0.6) is 0 Å². The van der Waals surface area contributed by atoms with Crippen molar-refractivity contribution >= 4 is 5.71 Å². The minimum Gasteiger partial charge on any atom is -0.411 e. The first-order valence-electron chi connectivity index (χ1n) is 7.24. The zero-order valence-electron chi connectivity index (χ0n) is 11.5. The minimum absolute atomic E-state index is 0.834. The average Bonchev–Trinajstić information content (AvgIpc) is 2.53. The van der Waals surface area contributed by atoms with E-state index in [1.165, 1.54) is 16.7 Å². The summed E-state index contributed by atoms with van der Waals surface area (Å²) in [7, 11) is 0. The van der Waals surface area contributed by atoms with Gasteiger partial charge in [-0.3, -0.25) is 0 Å². The van der Waals surface area contributed by atoms with Crippen molar-refractivity contribution in [3.05, 3.63) is 70.8 Å². The van der Waals surface area contributed by atoms with Crippen LogP contribution in [0.2, 0.25) is 0 Å². The Morgan fingerprint density at radius 2 is 1.70 bits per heavy atom. The topological polar surface area (TPSA) is 32.6 Å². The number of hydrogen-bond donors (Lipinski definition) is 1. The molecular weight excluding hydrogens is 246 g/mol. The van der Waals surface area contributed by atoms with Crippen molar-refractivity contribution in [3.63, 3.8) is 0 Å². The monoisotopic (exact) mass is 265 g/mol. The predicted octanol–water partition coefficient (Wildman–Crippen LogP) is 3.99. The van der Waals surface area contributed by atoms with E-state index >= 15 is 0 Å². The molecule has 0 saturated heterocycles. The summed E-state index contributed by atoms with van der Waals surface area (Å²) in [6.07, 6.45) is 5.18. The number of oxime groups is 1. The van der Waals surface area contributed by atoms with Crippen LogP contribution in [-0.2, 0) is 19.3 Å². The minimum atomic E-state index is 0.834. The molecule has 2 nitrogen and oxygen atoms in total. The molecule has 0 heterocycles. The second-order valence-corrected chi connectivity index (χ2v) is 5.38. The van der Waals surface area contributed by atoms with Gasteiger partial charge in [-0.15, -0.1) is 0 Å². The van der Waals surface area contributed by atoms with Crippen LogP contribution in [0.15, 0.2) is 53.7 Å². The van der Waals surface area contributed by atoms with Gasteiger partial charge in [0.2, 0.25) is 0 Å². The fraction of sp³-hybridized carbons (Fsp3) is 0.278. The van der Waals surface area contributed by atoms with Crippen LogP contribution in [0, 0.1) is 0 Å². The summed E-state index contributed by atoms with van der Waals surface area (Å²) in [6, 6.07) is 17.1. The van der Waals surface area contributed by atoms with Gasteiger partial charge in [0.1, 0.15) is 0 Å². The summed E-state index contributed by atoms with van der Waals surface area (Å²) in [6.45, 7) is 0. The van der Waals surface area contributed by atoms with Crippen molar-refractivity contribution in [3.8, 4) is 0 Å². The molecule has 0 aromatic heterocycles. The number of aryl methyl sites for hydroxylation is 3. The van der Waals surface area contributed by atoms with Crippen molar-refractivity contribution in [1.82, 2.24) is 0 Å². The molecular formula is C18H19NO. The largest absolute Gasteiger partial charge is 0.411 e. The summed E-state index contributed by atoms with van der Waals surface area (Å²) >= 11 is 0. The number of fused-ring (bicyclic) bond motifs is 1. The van der Waals surface area contributed by atoms with E-state index < -0.39 is 0 Å². The molecule has 0 saturated carbocycles. The zero-order valence-corrected chi connectivity index (χ0v) is 11.5. The standard InChI is InChI=1S/C18H19NO/c20-19-18-8-4-7-16-13-15(11-12-17(16)18)10-9-14-5-2-1-3-6-14/h1-3,5-6,11-13,20H,4,7-10H2. The average molecular weight is 265 g/mol. The van der Waals surface area contributed by atoms with E-state index in [9.17, 15) is 0 Å². The number of benzene rings is 2. The summed E-state index contributed by atoms with van der Waals surface area (Å²) < 4.78 is 0. The Hall–Kier alpha value is -2.09. The summed E-state index contributed by atoms with van der Waals surface area (Å²) in [5.41, 5.74) is 6.03. The van der Waals surface area contributed by atoms with Crippen LogP contribution >= 0.6 is 0 Å². The fourth-order valence-electron chi connectivity index (χ4n) is 2.91. The van der Waals surface area contributed by atoms with Gasteiger partial charge in [-0.25, -0.2) is 0 Å². The first-order chi connectivity index (χ1) is 9.86. The Labute approximate surface area is 119 Å². The second kappa shape index (κ2) is 5.91. The molecule has 1 N–H and O–H groups in total. The van der Waals surface area contributed by atoms with Crippen molar-refractivity contribution in [2.24, 2.45) is 5.16 Å². The molecule has 0 amide bonds. The van der Waals surface area contributed by atoms with Crippen LogP contribution < -0.4 is 0 Å². The van der Waals surface area contributed by atoms with Crippen molar-refractivity contribution < 1.29 is 5.21 Å². The van der Waals surface area contributed by atoms with E-state index in [2.05, 4.69) is 53.7 Å². The maximum absolute atomic E-state index is 9.05. The van der Waals surface area contributed by atoms with Crippen molar-refractivity contribution in [2.75, 3.05) is 0 Å². The van der Waals surface area contributed by atoms with E-state index in [-0.39, 0.29) is 0 Å². The third-order valence-electron chi connectivity index (χ3n) is 4.01. The Morgan fingerprint density at radius 3 is 2.50 bits per heavy atom. The lowest BCUT2D eigenvalue weighted by Crippen LogP contribution is -2.12. The van der Waals surface area contributed by atoms with E-state index in [1.807, 2.05) is 0 Å². The Bertz CT molecular complexity index is 617. The predicted molar refractivity (Wildman–Crippen MR) is 81.6 cm³/mol. The molecule has 2 aromatic carbocycles. The van der Waals surface area contributed by atoms with Crippen LogP contribution in [0.3, 0.4) is 0 Å². The fourth-order valence-corrected chi connectivity index (χ4v) is 2.91. The van der Waals surface area contributed by atoms with E-state index in [4.69, 9.17) is 5.21 Å². The maximum Gasteiger partial charge on any atom is 0.0870 e. The first-order valence-corrected chi connectivity index (χ1v) is 7.24. The number of nitrogens with zero attached hydrogens (tertiary/aromatic N) is 1. The molecule has 0 fully saturated rings. The maximum atomic E-state index is 9.05. The van der Waals surface area contributed by atoms with Gasteiger partial charge in [0.15, 0.2) is 0 Å². The van der Waals surface area contributed by atoms with Gasteiger partial charge in [0, 0.05) is 5.56 Å². The molecule has 0 spiro atoms. The number of rotatable bonds is 3. The van der Waals surface area contributed by atoms with Gasteiger partial charge in [-0.2, -0.15) is 0 Å². The lowest BCUT2D eigenvalue weighted by molar-refractivity contribution is 0.317. The van der Waals surface area contributed by atoms with Crippen LogP contribution in [0.1, 0.15) is 35.1 Å². The molecule has 0 radical (unpaired) electrons. The Kier molecular flexibility index (Phi) is 3.82. The Morgan fingerprint density at radius 1 is 0.900 bits per heavy atom. The highest BCUT2D eigenvalue weighted by atomic mass is 16.4. The second-order valence-electron chi connectivity index (χ2n) is 5.38. The van der Waals surface area contributed by atoms with Crippen molar-refractivity contribution in [2.45, 2.75) is 32.1 Å². The van der Waals surface area contributed by atoms with E-state index in [0.717, 1.165) is 43.4 Å². The third kappa shape index (κ3) is 2.74. The molecule has 2 heteroatoms. The summed E-state index contributed by atoms with van der Waals surface area (Å²) in [4.78, 5) is 0. The van der Waals surface area contributed by atoms with Gasteiger partial charge in [0.05, 0.1) is 5.71 Å². The van der Waals surface area contributed by atoms with E-state index in [1.54, 1.807) is 0 Å². The highest BCUT2D eigenvalue weighted by Gasteiger charge is 2.16. The molecule has 0 unspecified atom stereocenters. The highest BCUT2D eigenvalue weighted by Crippen LogP contribution is 2.23. The van der Waals surface area contributed by atoms with Crippen LogP contribution in [0.4, 0.5) is 0 Å². The van der Waals surface area contributed by atoms with Crippen LogP contribution in [-0.4, -0.2) is 10.9 Å². The first kappa shape index (κ1) is 12.9. The summed E-state index contributed by atoms with van der Waals surface area (Å²) in [5, 5.41) is 12.5. The quantitative estimate of drug-likeness (QED) is 0.660. The molecule has 2 aromatic rings. The zero-order chi connectivity index (χ0) is 13.8. The molecule has 0 aliphatic heterocycles. The highest BCUT2D eigenvalue weighted by molar-refractivity contribution is 6.02. The van der Waals surface area contributed by atoms with Gasteiger partial charge < -0.3 is 5.21 Å². The summed E-state index contributed by atoms with van der Waals surface area (Å²) in [5.74, 6) is 0. The van der Waals surface area contributed by atoms with Crippen LogP contribution in [0.25, 0.3) is 0 Å². The molecule has 0 atom stereocenters. The van der Waals surface area contributed by atoms with Gasteiger partial charge in [-0.1, -0.05) is 53.7 Å². The normalized spacial score (nSPS) is 16.1. The van der Waals surface area contributed by atoms with Gasteiger partial charge >= 0.3 is 0 Å². The Balaban J connectivity index is 1.76. The molecule has 102 valence electrons. The van der Waals surface area contributed by atoms with Crippen molar-refractivity contribution in [1.29, 1.82) is 0 Å².